The van der Waals surface area contributed by atoms with Gasteiger partial charge in [0.1, 0.15) is 5.82 Å². The van der Waals surface area contributed by atoms with Crippen molar-refractivity contribution in [1.82, 2.24) is 0 Å². The van der Waals surface area contributed by atoms with Crippen LogP contribution in [0.15, 0.2) is 22.7 Å². The van der Waals surface area contributed by atoms with Gasteiger partial charge in [0.2, 0.25) is 0 Å². The van der Waals surface area contributed by atoms with E-state index in [2.05, 4.69) is 15.9 Å². The van der Waals surface area contributed by atoms with Gasteiger partial charge < -0.3 is 5.11 Å². The Bertz CT molecular complexity index is 366. The second-order valence-electron chi connectivity index (χ2n) is 3.64. The first-order valence-electron chi connectivity index (χ1n) is 4.64. The predicted octanol–water partition coefficient (Wildman–Crippen LogP) is 3.24. The summed E-state index contributed by atoms with van der Waals surface area (Å²) in [7, 11) is 0. The summed E-state index contributed by atoms with van der Waals surface area (Å²) in [6.07, 6.45) is 0.503. The number of aliphatic carboxylic acids is 1. The fourth-order valence-electron chi connectivity index (χ4n) is 1.45. The highest BCUT2D eigenvalue weighted by molar-refractivity contribution is 9.10. The molecule has 1 atom stereocenters. The number of carbonyl (C=O) groups is 1. The van der Waals surface area contributed by atoms with E-state index in [1.807, 2.05) is 0 Å². The largest absolute Gasteiger partial charge is 0.481 e. The van der Waals surface area contributed by atoms with Crippen molar-refractivity contribution in [1.29, 1.82) is 0 Å². The maximum absolute atomic E-state index is 13.3. The third kappa shape index (κ3) is 4.00. The molecule has 15 heavy (non-hydrogen) atoms. The number of benzene rings is 1. The molecule has 1 aromatic carbocycles. The topological polar surface area (TPSA) is 37.3 Å². The molecule has 1 aromatic rings. The minimum atomic E-state index is -0.849. The van der Waals surface area contributed by atoms with Gasteiger partial charge in [-0.15, -0.1) is 0 Å². The average Bonchev–Trinajstić information content (AvgIpc) is 2.10. The van der Waals surface area contributed by atoms with Crippen molar-refractivity contribution in [2.75, 3.05) is 0 Å². The summed E-state index contributed by atoms with van der Waals surface area (Å²) < 4.78 is 14.1. The van der Waals surface area contributed by atoms with E-state index in [9.17, 15) is 9.18 Å². The predicted molar refractivity (Wildman–Crippen MR) is 59.2 cm³/mol. The van der Waals surface area contributed by atoms with E-state index >= 15 is 0 Å². The second-order valence-corrected chi connectivity index (χ2v) is 4.56. The first kappa shape index (κ1) is 12.2. The van der Waals surface area contributed by atoms with Crippen LogP contribution < -0.4 is 0 Å². The van der Waals surface area contributed by atoms with Crippen LogP contribution in [-0.2, 0) is 11.2 Å². The highest BCUT2D eigenvalue weighted by atomic mass is 79.9. The van der Waals surface area contributed by atoms with Crippen molar-refractivity contribution < 1.29 is 14.3 Å². The van der Waals surface area contributed by atoms with E-state index in [1.54, 1.807) is 19.1 Å². The fraction of sp³-hybridized carbons (Fsp3) is 0.364. The SMILES string of the molecule is CC(CC(=O)O)Cc1cc(Br)ccc1F. The standard InChI is InChI=1S/C11H12BrFO2/c1-7(5-11(14)15)4-8-6-9(12)2-3-10(8)13/h2-3,6-7H,4-5H2,1H3,(H,14,15). The first-order valence-corrected chi connectivity index (χ1v) is 5.44. The molecule has 0 aromatic heterocycles. The number of hydrogen-bond acceptors (Lipinski definition) is 1. The molecule has 2 nitrogen and oxygen atoms in total. The van der Waals surface area contributed by atoms with Gasteiger partial charge in [-0.25, -0.2) is 4.39 Å². The zero-order valence-electron chi connectivity index (χ0n) is 8.34. The molecule has 0 saturated heterocycles. The van der Waals surface area contributed by atoms with Crippen molar-refractivity contribution in [2.45, 2.75) is 19.8 Å². The lowest BCUT2D eigenvalue weighted by molar-refractivity contribution is -0.137. The zero-order valence-corrected chi connectivity index (χ0v) is 9.92. The molecule has 0 aliphatic carbocycles. The quantitative estimate of drug-likeness (QED) is 0.915. The Hall–Kier alpha value is -0.900. The van der Waals surface area contributed by atoms with Crippen molar-refractivity contribution in [3.63, 3.8) is 0 Å². The highest BCUT2D eigenvalue weighted by Crippen LogP contribution is 2.19. The summed E-state index contributed by atoms with van der Waals surface area (Å²) in [6, 6.07) is 4.70. The van der Waals surface area contributed by atoms with E-state index in [4.69, 9.17) is 5.11 Å². The third-order valence-electron chi connectivity index (χ3n) is 2.10. The monoisotopic (exact) mass is 274 g/mol. The van der Waals surface area contributed by atoms with E-state index in [1.165, 1.54) is 6.07 Å². The summed E-state index contributed by atoms with van der Waals surface area (Å²) in [4.78, 5) is 10.4. The molecule has 0 heterocycles. The maximum atomic E-state index is 13.3. The second kappa shape index (κ2) is 5.26. The molecule has 0 radical (unpaired) electrons. The number of halogens is 2. The fourth-order valence-corrected chi connectivity index (χ4v) is 1.85. The van der Waals surface area contributed by atoms with Crippen LogP contribution in [0.3, 0.4) is 0 Å². The van der Waals surface area contributed by atoms with Gasteiger partial charge in [0.25, 0.3) is 0 Å². The van der Waals surface area contributed by atoms with Crippen LogP contribution >= 0.6 is 15.9 Å². The molecule has 0 aliphatic rings. The van der Waals surface area contributed by atoms with Crippen molar-refractivity contribution in [3.8, 4) is 0 Å². The number of carboxylic acid groups (broad SMARTS) is 1. The Kier molecular flexibility index (Phi) is 4.27. The van der Waals surface area contributed by atoms with E-state index in [-0.39, 0.29) is 18.2 Å². The van der Waals surface area contributed by atoms with Gasteiger partial charge in [0.05, 0.1) is 0 Å². The minimum absolute atomic E-state index is 0.0615. The molecule has 4 heteroatoms. The summed E-state index contributed by atoms with van der Waals surface area (Å²) in [5.74, 6) is -1.19. The normalized spacial score (nSPS) is 12.5. The van der Waals surface area contributed by atoms with Crippen molar-refractivity contribution in [3.05, 3.63) is 34.1 Å². The molecule has 0 saturated carbocycles. The van der Waals surface area contributed by atoms with Crippen LogP contribution in [0.4, 0.5) is 4.39 Å². The van der Waals surface area contributed by atoms with Gasteiger partial charge in [-0.1, -0.05) is 22.9 Å². The lowest BCUT2D eigenvalue weighted by Gasteiger charge is -2.09. The van der Waals surface area contributed by atoms with Crippen molar-refractivity contribution >= 4 is 21.9 Å². The van der Waals surface area contributed by atoms with Crippen LogP contribution in [0.1, 0.15) is 18.9 Å². The molecule has 0 aliphatic heterocycles. The van der Waals surface area contributed by atoms with Gasteiger partial charge in [-0.05, 0) is 36.1 Å². The van der Waals surface area contributed by atoms with Gasteiger partial charge >= 0.3 is 5.97 Å². The minimum Gasteiger partial charge on any atom is -0.481 e. The van der Waals surface area contributed by atoms with Gasteiger partial charge in [0.15, 0.2) is 0 Å². The molecular weight excluding hydrogens is 263 g/mol. The molecular formula is C11H12BrFO2. The van der Waals surface area contributed by atoms with Crippen LogP contribution in [0.2, 0.25) is 0 Å². The van der Waals surface area contributed by atoms with Crippen LogP contribution in [-0.4, -0.2) is 11.1 Å². The smallest absolute Gasteiger partial charge is 0.303 e. The summed E-state index contributed by atoms with van der Waals surface area (Å²) in [5, 5.41) is 8.58. The summed E-state index contributed by atoms with van der Waals surface area (Å²) in [6.45, 7) is 1.80. The van der Waals surface area contributed by atoms with Crippen LogP contribution in [0.25, 0.3) is 0 Å². The molecule has 82 valence electrons. The third-order valence-corrected chi connectivity index (χ3v) is 2.59. The molecule has 0 spiro atoms. The van der Waals surface area contributed by atoms with Gasteiger partial charge in [-0.3, -0.25) is 4.79 Å². The number of rotatable bonds is 4. The Morgan fingerprint density at radius 3 is 2.87 bits per heavy atom. The van der Waals surface area contributed by atoms with E-state index in [0.717, 1.165) is 4.47 Å². The van der Waals surface area contributed by atoms with Crippen molar-refractivity contribution in [2.24, 2.45) is 5.92 Å². The zero-order chi connectivity index (χ0) is 11.4. The molecule has 1 N–H and O–H groups in total. The molecule has 0 amide bonds. The lowest BCUT2D eigenvalue weighted by Crippen LogP contribution is -2.08. The molecule has 0 fully saturated rings. The number of hydrogen-bond donors (Lipinski definition) is 1. The first-order chi connectivity index (χ1) is 6.99. The molecule has 1 unspecified atom stereocenters. The van der Waals surface area contributed by atoms with E-state index in [0.29, 0.717) is 12.0 Å². The summed E-state index contributed by atoms with van der Waals surface area (Å²) in [5.41, 5.74) is 0.554. The van der Waals surface area contributed by atoms with Crippen LogP contribution in [0, 0.1) is 11.7 Å². The molecule has 1 rings (SSSR count). The van der Waals surface area contributed by atoms with Crippen LogP contribution in [0.5, 0.6) is 0 Å². The average molecular weight is 275 g/mol. The number of carboxylic acids is 1. The van der Waals surface area contributed by atoms with E-state index < -0.39 is 5.97 Å². The van der Waals surface area contributed by atoms with Gasteiger partial charge in [0, 0.05) is 10.9 Å². The molecule has 0 bridgehead atoms. The Balaban J connectivity index is 2.71. The Labute approximate surface area is 96.2 Å². The Morgan fingerprint density at radius 2 is 2.27 bits per heavy atom. The Morgan fingerprint density at radius 1 is 1.60 bits per heavy atom. The lowest BCUT2D eigenvalue weighted by atomic mass is 9.98. The summed E-state index contributed by atoms with van der Waals surface area (Å²) >= 11 is 3.25. The highest BCUT2D eigenvalue weighted by Gasteiger charge is 2.11. The maximum Gasteiger partial charge on any atom is 0.303 e. The van der Waals surface area contributed by atoms with Gasteiger partial charge in [-0.2, -0.15) is 0 Å².